The first-order valence-corrected chi connectivity index (χ1v) is 5.58. The third-order valence-corrected chi connectivity index (χ3v) is 3.45. The monoisotopic (exact) mass is 206 g/mol. The van der Waals surface area contributed by atoms with E-state index in [1.54, 1.807) is 6.20 Å². The molecule has 1 aliphatic rings. The topological polar surface area (TPSA) is 48.1 Å². The molecule has 0 radical (unpaired) electrons. The molecule has 1 fully saturated rings. The molecule has 0 atom stereocenters. The predicted octanol–water partition coefficient (Wildman–Crippen LogP) is 2.62. The maximum atomic E-state index is 5.69. The highest BCUT2D eigenvalue weighted by molar-refractivity contribution is 5.35. The number of pyridine rings is 1. The van der Waals surface area contributed by atoms with Crippen LogP contribution in [0.5, 0.6) is 5.88 Å². The Balaban J connectivity index is 1.90. The van der Waals surface area contributed by atoms with E-state index in [0.717, 1.165) is 6.61 Å². The lowest BCUT2D eigenvalue weighted by atomic mass is 9.68. The number of anilines is 1. The Bertz CT molecular complexity index is 311. The highest BCUT2D eigenvalue weighted by Crippen LogP contribution is 2.43. The van der Waals surface area contributed by atoms with Gasteiger partial charge in [0.15, 0.2) is 0 Å². The van der Waals surface area contributed by atoms with Gasteiger partial charge in [0, 0.05) is 11.5 Å². The first-order valence-electron chi connectivity index (χ1n) is 5.58. The van der Waals surface area contributed by atoms with Crippen molar-refractivity contribution in [1.29, 1.82) is 0 Å². The summed E-state index contributed by atoms with van der Waals surface area (Å²) in [5.74, 6) is 0.684. The van der Waals surface area contributed by atoms with E-state index in [1.165, 1.54) is 25.7 Å². The molecule has 1 heterocycles. The summed E-state index contributed by atoms with van der Waals surface area (Å²) in [6.45, 7) is 3.03. The molecule has 1 aromatic heterocycles. The summed E-state index contributed by atoms with van der Waals surface area (Å²) < 4.78 is 5.69. The highest BCUT2D eigenvalue weighted by atomic mass is 16.5. The van der Waals surface area contributed by atoms with E-state index >= 15 is 0 Å². The van der Waals surface area contributed by atoms with Crippen molar-refractivity contribution in [3.05, 3.63) is 18.3 Å². The fourth-order valence-electron chi connectivity index (χ4n) is 1.98. The molecule has 82 valence electrons. The van der Waals surface area contributed by atoms with Gasteiger partial charge in [-0.15, -0.1) is 0 Å². The van der Waals surface area contributed by atoms with Gasteiger partial charge < -0.3 is 10.5 Å². The molecule has 3 nitrogen and oxygen atoms in total. The maximum absolute atomic E-state index is 5.69. The summed E-state index contributed by atoms with van der Waals surface area (Å²) in [7, 11) is 0. The minimum absolute atomic E-state index is 0.420. The van der Waals surface area contributed by atoms with Gasteiger partial charge in [-0.05, 0) is 25.3 Å². The Morgan fingerprint density at radius 1 is 1.47 bits per heavy atom. The normalized spacial score (nSPS) is 18.2. The van der Waals surface area contributed by atoms with Crippen LogP contribution in [0.15, 0.2) is 18.3 Å². The van der Waals surface area contributed by atoms with Crippen LogP contribution in [0.25, 0.3) is 0 Å². The molecule has 1 saturated carbocycles. The molecule has 0 bridgehead atoms. The van der Waals surface area contributed by atoms with Crippen LogP contribution in [0.2, 0.25) is 0 Å². The number of aromatic nitrogens is 1. The molecule has 2 rings (SSSR count). The highest BCUT2D eigenvalue weighted by Gasteiger charge is 2.35. The summed E-state index contributed by atoms with van der Waals surface area (Å²) in [4.78, 5) is 4.13. The van der Waals surface area contributed by atoms with Crippen molar-refractivity contribution in [2.45, 2.75) is 32.6 Å². The third kappa shape index (κ3) is 2.22. The van der Waals surface area contributed by atoms with Crippen molar-refractivity contribution in [3.63, 3.8) is 0 Å². The van der Waals surface area contributed by atoms with E-state index in [1.807, 2.05) is 12.1 Å². The van der Waals surface area contributed by atoms with Crippen LogP contribution < -0.4 is 10.5 Å². The second kappa shape index (κ2) is 4.09. The van der Waals surface area contributed by atoms with Crippen molar-refractivity contribution in [1.82, 2.24) is 4.98 Å². The number of rotatable bonds is 4. The lowest BCUT2D eigenvalue weighted by molar-refractivity contribution is 0.0515. The standard InChI is InChI=1S/C12H18N2O/c1-2-12(6-3-7-12)9-15-11-5-4-10(13)8-14-11/h4-5,8H,2-3,6-7,9,13H2,1H3. The third-order valence-electron chi connectivity index (χ3n) is 3.45. The molecule has 0 amide bonds. The SMILES string of the molecule is CCC1(COc2ccc(N)cn2)CCC1. The summed E-state index contributed by atoms with van der Waals surface area (Å²) in [6.07, 6.45) is 6.75. The van der Waals surface area contributed by atoms with Crippen LogP contribution in [0.3, 0.4) is 0 Å². The Morgan fingerprint density at radius 3 is 2.73 bits per heavy atom. The van der Waals surface area contributed by atoms with Gasteiger partial charge in [0.05, 0.1) is 18.5 Å². The quantitative estimate of drug-likeness (QED) is 0.823. The van der Waals surface area contributed by atoms with Crippen molar-refractivity contribution in [3.8, 4) is 5.88 Å². The largest absolute Gasteiger partial charge is 0.477 e. The zero-order valence-corrected chi connectivity index (χ0v) is 9.20. The van der Waals surface area contributed by atoms with Crippen molar-refractivity contribution < 1.29 is 4.74 Å². The van der Waals surface area contributed by atoms with E-state index in [2.05, 4.69) is 11.9 Å². The maximum Gasteiger partial charge on any atom is 0.213 e. The summed E-state index contributed by atoms with van der Waals surface area (Å²) in [5, 5.41) is 0. The average molecular weight is 206 g/mol. The van der Waals surface area contributed by atoms with Gasteiger partial charge in [-0.3, -0.25) is 0 Å². The van der Waals surface area contributed by atoms with E-state index in [4.69, 9.17) is 10.5 Å². The first-order chi connectivity index (χ1) is 7.24. The molecule has 0 spiro atoms. The molecule has 0 saturated heterocycles. The Labute approximate surface area is 90.7 Å². The minimum Gasteiger partial charge on any atom is -0.477 e. The van der Waals surface area contributed by atoms with Gasteiger partial charge in [-0.2, -0.15) is 0 Å². The van der Waals surface area contributed by atoms with Crippen LogP contribution >= 0.6 is 0 Å². The van der Waals surface area contributed by atoms with Crippen molar-refractivity contribution in [2.75, 3.05) is 12.3 Å². The summed E-state index contributed by atoms with van der Waals surface area (Å²) in [6, 6.07) is 3.65. The predicted molar refractivity (Wildman–Crippen MR) is 60.7 cm³/mol. The van der Waals surface area contributed by atoms with Crippen LogP contribution in [-0.2, 0) is 0 Å². The van der Waals surface area contributed by atoms with E-state index in [-0.39, 0.29) is 0 Å². The van der Waals surface area contributed by atoms with Crippen LogP contribution in [0.4, 0.5) is 5.69 Å². The zero-order valence-electron chi connectivity index (χ0n) is 9.20. The molecule has 0 unspecified atom stereocenters. The number of hydrogen-bond acceptors (Lipinski definition) is 3. The fourth-order valence-corrected chi connectivity index (χ4v) is 1.98. The van der Waals surface area contributed by atoms with Gasteiger partial charge in [0.2, 0.25) is 5.88 Å². The van der Waals surface area contributed by atoms with Crippen molar-refractivity contribution >= 4 is 5.69 Å². The number of hydrogen-bond donors (Lipinski definition) is 1. The molecule has 1 aliphatic carbocycles. The van der Waals surface area contributed by atoms with E-state index < -0.39 is 0 Å². The van der Waals surface area contributed by atoms with Gasteiger partial charge in [-0.25, -0.2) is 4.98 Å². The van der Waals surface area contributed by atoms with Crippen molar-refractivity contribution in [2.24, 2.45) is 5.41 Å². The number of nitrogens with zero attached hydrogens (tertiary/aromatic N) is 1. The Hall–Kier alpha value is -1.25. The average Bonchev–Trinajstić information content (AvgIpc) is 2.20. The Morgan fingerprint density at radius 2 is 2.27 bits per heavy atom. The van der Waals surface area contributed by atoms with E-state index in [9.17, 15) is 0 Å². The molecular formula is C12H18N2O. The van der Waals surface area contributed by atoms with Gasteiger partial charge in [0.25, 0.3) is 0 Å². The molecule has 1 aromatic rings. The molecular weight excluding hydrogens is 188 g/mol. The second-order valence-electron chi connectivity index (χ2n) is 4.43. The van der Waals surface area contributed by atoms with E-state index in [0.29, 0.717) is 17.0 Å². The van der Waals surface area contributed by atoms with Crippen LogP contribution in [-0.4, -0.2) is 11.6 Å². The molecule has 2 N–H and O–H groups in total. The molecule has 15 heavy (non-hydrogen) atoms. The van der Waals surface area contributed by atoms with Gasteiger partial charge >= 0.3 is 0 Å². The first kappa shape index (κ1) is 10.3. The summed E-state index contributed by atoms with van der Waals surface area (Å²) >= 11 is 0. The molecule has 0 aliphatic heterocycles. The number of nitrogen functional groups attached to an aromatic ring is 1. The minimum atomic E-state index is 0.420. The van der Waals surface area contributed by atoms with Gasteiger partial charge in [0.1, 0.15) is 0 Å². The molecule has 3 heteroatoms. The smallest absolute Gasteiger partial charge is 0.213 e. The summed E-state index contributed by atoms with van der Waals surface area (Å²) in [5.41, 5.74) is 6.65. The number of ether oxygens (including phenoxy) is 1. The fraction of sp³-hybridized carbons (Fsp3) is 0.583. The van der Waals surface area contributed by atoms with Crippen LogP contribution in [0.1, 0.15) is 32.6 Å². The Kier molecular flexibility index (Phi) is 2.80. The number of nitrogens with two attached hydrogens (primary N) is 1. The zero-order chi connectivity index (χ0) is 10.7. The van der Waals surface area contributed by atoms with Crippen LogP contribution in [0, 0.1) is 5.41 Å². The lowest BCUT2D eigenvalue weighted by Gasteiger charge is -2.40. The lowest BCUT2D eigenvalue weighted by Crippen LogP contribution is -2.35. The second-order valence-corrected chi connectivity index (χ2v) is 4.43. The molecule has 0 aromatic carbocycles. The van der Waals surface area contributed by atoms with Gasteiger partial charge in [-0.1, -0.05) is 13.3 Å².